The Bertz CT molecular complexity index is 2260. The van der Waals surface area contributed by atoms with Crippen LogP contribution in [0.4, 0.5) is 0 Å². The van der Waals surface area contributed by atoms with Gasteiger partial charge in [-0.05, 0) is 29.3 Å². The van der Waals surface area contributed by atoms with Crippen molar-refractivity contribution >= 4 is 69.3 Å². The van der Waals surface area contributed by atoms with Crippen molar-refractivity contribution in [1.82, 2.24) is 15.5 Å². The van der Waals surface area contributed by atoms with Crippen LogP contribution in [0.15, 0.2) is 93.5 Å². The number of rotatable bonds is 12. The molecule has 2 aliphatic rings. The number of hydrogen-bond acceptors (Lipinski definition) is 13. The minimum absolute atomic E-state index is 0.0136. The van der Waals surface area contributed by atoms with Crippen LogP contribution >= 0.6 is 23.5 Å². The number of carbonyl (C=O) groups is 6. The lowest BCUT2D eigenvalue weighted by Gasteiger charge is -2.49. The summed E-state index contributed by atoms with van der Waals surface area (Å²) in [5.74, 6) is -6.30. The lowest BCUT2D eigenvalue weighted by Crippen LogP contribution is -2.71. The maximum absolute atomic E-state index is 13.9. The summed E-state index contributed by atoms with van der Waals surface area (Å²) in [5, 5.41) is 42.3. The number of phenols is 2. The lowest BCUT2D eigenvalue weighted by molar-refractivity contribution is -0.151. The van der Waals surface area contributed by atoms with Gasteiger partial charge < -0.3 is 40.2 Å². The first kappa shape index (κ1) is 36.5. The molecule has 0 bridgehead atoms. The summed E-state index contributed by atoms with van der Waals surface area (Å²) >= 11 is 2.08. The summed E-state index contributed by atoms with van der Waals surface area (Å²) < 4.78 is 10.5. The predicted molar refractivity (Wildman–Crippen MR) is 189 cm³/mol. The number of aliphatic carboxylic acids is 2. The van der Waals surface area contributed by atoms with Crippen LogP contribution in [-0.2, 0) is 19.2 Å². The Balaban J connectivity index is 1.23. The zero-order valence-electron chi connectivity index (χ0n) is 27.0. The number of nitrogens with zero attached hydrogens (tertiary/aromatic N) is 1. The molecular weight excluding hydrogens is 735 g/mol. The fraction of sp³-hybridized carbons (Fsp3) is 0.171. The second-order valence-corrected chi connectivity index (χ2v) is 13.6. The van der Waals surface area contributed by atoms with Crippen molar-refractivity contribution in [3.05, 3.63) is 111 Å². The largest absolute Gasteiger partial charge is 0.504 e. The fourth-order valence-corrected chi connectivity index (χ4v) is 7.88. The number of carboxylic acid groups (broad SMARTS) is 2. The monoisotopic (exact) mass is 761 g/mol. The molecule has 3 atom stereocenters. The van der Waals surface area contributed by atoms with Crippen molar-refractivity contribution in [2.75, 3.05) is 18.1 Å². The number of benzene rings is 3. The van der Waals surface area contributed by atoms with Crippen LogP contribution in [0.1, 0.15) is 32.3 Å². The number of amides is 3. The van der Waals surface area contributed by atoms with E-state index in [9.17, 15) is 48.9 Å². The quantitative estimate of drug-likeness (QED) is 0.0896. The number of phenolic OH excluding ortho intramolecular Hbond substituents is 2. The van der Waals surface area contributed by atoms with E-state index in [0.29, 0.717) is 11.1 Å². The van der Waals surface area contributed by atoms with E-state index in [2.05, 4.69) is 10.6 Å². The highest BCUT2D eigenvalue weighted by Gasteiger charge is 2.54. The molecule has 0 saturated carbocycles. The summed E-state index contributed by atoms with van der Waals surface area (Å²) in [4.78, 5) is 90.9. The Kier molecular flexibility index (Phi) is 10.4. The molecule has 0 spiro atoms. The molecule has 6 rings (SSSR count). The molecule has 0 aliphatic carbocycles. The van der Waals surface area contributed by atoms with Crippen molar-refractivity contribution in [2.45, 2.75) is 17.5 Å². The summed E-state index contributed by atoms with van der Waals surface area (Å²) in [6.45, 7) is -0.652. The van der Waals surface area contributed by atoms with Crippen LogP contribution in [0.5, 0.6) is 17.2 Å². The first-order valence-electron chi connectivity index (χ1n) is 15.5. The van der Waals surface area contributed by atoms with E-state index in [1.807, 2.05) is 0 Å². The molecular formula is C35H27N3O13S2. The third kappa shape index (κ3) is 7.54. The molecule has 16 nitrogen and oxygen atoms in total. The van der Waals surface area contributed by atoms with Crippen molar-refractivity contribution in [2.24, 2.45) is 0 Å². The van der Waals surface area contributed by atoms with Gasteiger partial charge in [0.2, 0.25) is 16.5 Å². The summed E-state index contributed by atoms with van der Waals surface area (Å²) in [7, 11) is 0. The first-order chi connectivity index (χ1) is 25.3. The number of β-lactam (4-membered cyclic amide) rings is 1. The number of carboxylic acids is 2. The minimum Gasteiger partial charge on any atom is -0.504 e. The Labute approximate surface area is 306 Å². The number of nitrogens with one attached hydrogen (secondary N) is 2. The second-order valence-electron chi connectivity index (χ2n) is 11.6. The average Bonchev–Trinajstić information content (AvgIpc) is 3.15. The van der Waals surface area contributed by atoms with E-state index in [1.54, 1.807) is 30.3 Å². The Morgan fingerprint density at radius 2 is 1.68 bits per heavy atom. The maximum Gasteiger partial charge on any atom is 0.352 e. The van der Waals surface area contributed by atoms with E-state index < -0.39 is 76.2 Å². The molecule has 53 heavy (non-hydrogen) atoms. The van der Waals surface area contributed by atoms with Crippen LogP contribution in [0.25, 0.3) is 11.0 Å². The van der Waals surface area contributed by atoms with Crippen molar-refractivity contribution in [3.63, 3.8) is 0 Å². The van der Waals surface area contributed by atoms with Gasteiger partial charge >= 0.3 is 11.9 Å². The normalized spacial score (nSPS) is 17.0. The Morgan fingerprint density at radius 1 is 0.981 bits per heavy atom. The number of hydrogen-bond donors (Lipinski definition) is 6. The maximum atomic E-state index is 13.9. The van der Waals surface area contributed by atoms with Gasteiger partial charge in [-0.25, -0.2) is 9.59 Å². The van der Waals surface area contributed by atoms with E-state index >= 15 is 0 Å². The predicted octanol–water partition coefficient (Wildman–Crippen LogP) is 2.45. The molecule has 1 fully saturated rings. The van der Waals surface area contributed by atoms with E-state index in [1.165, 1.54) is 36.0 Å². The van der Waals surface area contributed by atoms with Crippen LogP contribution < -0.4 is 20.8 Å². The van der Waals surface area contributed by atoms with E-state index in [0.717, 1.165) is 35.1 Å². The van der Waals surface area contributed by atoms with Gasteiger partial charge in [-0.3, -0.25) is 28.9 Å². The molecule has 1 saturated heterocycles. The zero-order valence-corrected chi connectivity index (χ0v) is 28.6. The van der Waals surface area contributed by atoms with Crippen LogP contribution in [0.3, 0.4) is 0 Å². The lowest BCUT2D eigenvalue weighted by atomic mass is 10.0. The van der Waals surface area contributed by atoms with Gasteiger partial charge in [0.25, 0.3) is 11.8 Å². The molecule has 0 radical (unpaired) electrons. The van der Waals surface area contributed by atoms with Gasteiger partial charge in [-0.15, -0.1) is 11.8 Å². The van der Waals surface area contributed by atoms with E-state index in [4.69, 9.17) is 14.3 Å². The number of thioether (sulfide) groups is 2. The molecule has 1 aromatic heterocycles. The van der Waals surface area contributed by atoms with Gasteiger partial charge in [0.1, 0.15) is 46.3 Å². The highest BCUT2D eigenvalue weighted by Crippen LogP contribution is 2.41. The highest BCUT2D eigenvalue weighted by atomic mass is 32.2. The molecule has 3 heterocycles. The van der Waals surface area contributed by atoms with Gasteiger partial charge in [0, 0.05) is 23.1 Å². The van der Waals surface area contributed by atoms with Crippen molar-refractivity contribution in [3.8, 4) is 17.2 Å². The molecule has 18 heteroatoms. The highest BCUT2D eigenvalue weighted by molar-refractivity contribution is 8.14. The van der Waals surface area contributed by atoms with Crippen LogP contribution in [0, 0.1) is 0 Å². The van der Waals surface area contributed by atoms with Gasteiger partial charge in [0.05, 0.1) is 5.39 Å². The fourth-order valence-electron chi connectivity index (χ4n) is 5.56. The standard InChI is InChI=1S/C35H27N3O13S2/c39-22-10-20-24(11-23(22)40)51-12-21(29(20)43)30(44)36-26(16-6-8-19(9-7-16)50-13-25(41)42)31(45)37-27-32(46)38-28(34(47)48)18(14-52-33(27)38)15-53-35(49)17-4-2-1-3-5-17/h1-12,26-27,33,39-40H,13-15H2,(H,36,44)(H,37,45)(H,41,42)(H,47,48)/t26?,27-,33-/m1/s1. The second kappa shape index (κ2) is 15.1. The number of ether oxygens (including phenoxy) is 1. The third-order valence-electron chi connectivity index (χ3n) is 8.16. The number of carbonyl (C=O) groups excluding carboxylic acids is 4. The molecule has 272 valence electrons. The van der Waals surface area contributed by atoms with Crippen molar-refractivity contribution in [1.29, 1.82) is 0 Å². The summed E-state index contributed by atoms with van der Waals surface area (Å²) in [5.41, 5.74) is -0.982. The molecule has 3 aromatic carbocycles. The SMILES string of the molecule is O=C(O)COc1ccc(C(NC(=O)c2coc3cc(O)c(O)cc3c2=O)C(=O)N[C@@H]2C(=O)N3C(C(=O)O)=C(CSC(=O)c4ccccc4)CS[C@H]23)cc1. The summed E-state index contributed by atoms with van der Waals surface area (Å²) in [6.07, 6.45) is 0.809. The minimum atomic E-state index is -1.57. The van der Waals surface area contributed by atoms with Crippen LogP contribution in [-0.4, -0.2) is 89.6 Å². The molecule has 1 unspecified atom stereocenters. The smallest absolute Gasteiger partial charge is 0.352 e. The zero-order chi connectivity index (χ0) is 38.0. The van der Waals surface area contributed by atoms with Gasteiger partial charge in [0.15, 0.2) is 18.1 Å². The number of fused-ring (bicyclic) bond motifs is 2. The summed E-state index contributed by atoms with van der Waals surface area (Å²) in [6, 6.07) is 12.9. The Morgan fingerprint density at radius 3 is 2.36 bits per heavy atom. The molecule has 2 aliphatic heterocycles. The molecule has 3 amide bonds. The molecule has 6 N–H and O–H groups in total. The topological polar surface area (TPSA) is 250 Å². The first-order valence-corrected chi connectivity index (χ1v) is 17.5. The third-order valence-corrected chi connectivity index (χ3v) is 10.5. The Hall–Kier alpha value is -6.27. The van der Waals surface area contributed by atoms with Gasteiger partial charge in [-0.2, -0.15) is 0 Å². The van der Waals surface area contributed by atoms with E-state index in [-0.39, 0.29) is 44.6 Å². The average molecular weight is 762 g/mol. The van der Waals surface area contributed by atoms with Gasteiger partial charge in [-0.1, -0.05) is 54.2 Å². The van der Waals surface area contributed by atoms with Crippen LogP contribution in [0.2, 0.25) is 0 Å². The molecule has 4 aromatic rings. The van der Waals surface area contributed by atoms with Crippen molar-refractivity contribution < 1.29 is 58.3 Å². The number of aromatic hydroxyl groups is 2.